The molecule has 0 fully saturated rings. The lowest BCUT2D eigenvalue weighted by molar-refractivity contribution is -0.130. The molecule has 0 aliphatic carbocycles. The summed E-state index contributed by atoms with van der Waals surface area (Å²) in [5.74, 6) is 0.0980. The minimum atomic E-state index is -0.0958. The second kappa shape index (κ2) is 7.67. The van der Waals surface area contributed by atoms with Crippen LogP contribution in [-0.2, 0) is 11.2 Å². The molecular weight excluding hydrogens is 224 g/mol. The van der Waals surface area contributed by atoms with E-state index in [2.05, 4.69) is 18.7 Å². The molecule has 0 radical (unpaired) electrons. The van der Waals surface area contributed by atoms with Gasteiger partial charge in [0.05, 0.1) is 0 Å². The van der Waals surface area contributed by atoms with Crippen molar-refractivity contribution in [2.75, 3.05) is 13.1 Å². The van der Waals surface area contributed by atoms with Crippen LogP contribution in [0, 0.1) is 0 Å². The molecule has 98 valence electrons. The Morgan fingerprint density at radius 1 is 1.44 bits per heavy atom. The molecule has 1 atom stereocenters. The predicted octanol–water partition coefficient (Wildman–Crippen LogP) is 1.98. The van der Waals surface area contributed by atoms with Crippen LogP contribution in [0.25, 0.3) is 0 Å². The van der Waals surface area contributed by atoms with Crippen LogP contribution in [0.3, 0.4) is 0 Å². The summed E-state index contributed by atoms with van der Waals surface area (Å²) in [5.41, 5.74) is 6.90. The molecule has 0 bridgehead atoms. The number of nitrogens with two attached hydrogens (primary N) is 1. The Morgan fingerprint density at radius 2 is 2.11 bits per heavy atom. The predicted molar refractivity (Wildman–Crippen MR) is 75.2 cm³/mol. The quantitative estimate of drug-likeness (QED) is 0.748. The zero-order chi connectivity index (χ0) is 13.4. The van der Waals surface area contributed by atoms with Gasteiger partial charge in [-0.15, -0.1) is 6.58 Å². The smallest absolute Gasteiger partial charge is 0.224 e. The zero-order valence-electron chi connectivity index (χ0n) is 11.0. The van der Waals surface area contributed by atoms with Gasteiger partial charge >= 0.3 is 0 Å². The highest BCUT2D eigenvalue weighted by atomic mass is 16.2. The largest absolute Gasteiger partial charge is 0.339 e. The van der Waals surface area contributed by atoms with Gasteiger partial charge in [-0.3, -0.25) is 4.79 Å². The molecule has 0 saturated heterocycles. The lowest BCUT2D eigenvalue weighted by Crippen LogP contribution is -2.36. The Hall–Kier alpha value is -1.61. The number of rotatable bonds is 7. The Kier molecular flexibility index (Phi) is 6.15. The first-order valence-electron chi connectivity index (χ1n) is 6.31. The van der Waals surface area contributed by atoms with Crippen LogP contribution >= 0.6 is 0 Å². The van der Waals surface area contributed by atoms with E-state index in [1.807, 2.05) is 30.0 Å². The molecule has 18 heavy (non-hydrogen) atoms. The van der Waals surface area contributed by atoms with E-state index < -0.39 is 0 Å². The summed E-state index contributed by atoms with van der Waals surface area (Å²) in [7, 11) is 0. The Labute approximate surface area is 109 Å². The van der Waals surface area contributed by atoms with Gasteiger partial charge in [0.1, 0.15) is 0 Å². The van der Waals surface area contributed by atoms with Crippen LogP contribution in [0.5, 0.6) is 0 Å². The molecule has 3 nitrogen and oxygen atoms in total. The highest BCUT2D eigenvalue weighted by molar-refractivity contribution is 5.76. The van der Waals surface area contributed by atoms with E-state index in [1.165, 1.54) is 5.56 Å². The van der Waals surface area contributed by atoms with Crippen molar-refractivity contribution in [2.45, 2.75) is 25.8 Å². The van der Waals surface area contributed by atoms with Gasteiger partial charge in [0, 0.05) is 25.6 Å². The van der Waals surface area contributed by atoms with Crippen molar-refractivity contribution in [3.63, 3.8) is 0 Å². The Morgan fingerprint density at radius 3 is 2.67 bits per heavy atom. The van der Waals surface area contributed by atoms with Gasteiger partial charge in [-0.2, -0.15) is 0 Å². The first kappa shape index (κ1) is 14.5. The minimum absolute atomic E-state index is 0.0958. The molecule has 0 aliphatic rings. The van der Waals surface area contributed by atoms with Gasteiger partial charge in [-0.1, -0.05) is 36.4 Å². The number of hydrogen-bond donors (Lipinski definition) is 1. The Bertz CT molecular complexity index is 373. The summed E-state index contributed by atoms with van der Waals surface area (Å²) in [6.45, 7) is 6.83. The van der Waals surface area contributed by atoms with Crippen LogP contribution in [0.15, 0.2) is 43.0 Å². The number of hydrogen-bond acceptors (Lipinski definition) is 2. The Balaban J connectivity index is 2.52. The summed E-state index contributed by atoms with van der Waals surface area (Å²) < 4.78 is 0. The molecule has 0 saturated carbocycles. The van der Waals surface area contributed by atoms with Crippen molar-refractivity contribution in [3.8, 4) is 0 Å². The van der Waals surface area contributed by atoms with E-state index in [9.17, 15) is 4.79 Å². The van der Waals surface area contributed by atoms with Crippen LogP contribution in [0.1, 0.15) is 18.9 Å². The third-order valence-electron chi connectivity index (χ3n) is 2.71. The van der Waals surface area contributed by atoms with Gasteiger partial charge < -0.3 is 10.6 Å². The molecule has 0 spiro atoms. The molecule has 0 heterocycles. The lowest BCUT2D eigenvalue weighted by atomic mass is 10.1. The third-order valence-corrected chi connectivity index (χ3v) is 2.71. The van der Waals surface area contributed by atoms with Gasteiger partial charge in [-0.25, -0.2) is 0 Å². The molecular formula is C15H22N2O. The normalized spacial score (nSPS) is 11.9. The number of amides is 1. The SMILES string of the molecule is C=CCN(CCc1ccccc1)C(=O)CC(C)N. The van der Waals surface area contributed by atoms with Gasteiger partial charge in [0.25, 0.3) is 0 Å². The second-order valence-corrected chi connectivity index (χ2v) is 4.55. The monoisotopic (exact) mass is 246 g/mol. The maximum Gasteiger partial charge on any atom is 0.224 e. The number of carbonyl (C=O) groups is 1. The van der Waals surface area contributed by atoms with Crippen molar-refractivity contribution in [1.29, 1.82) is 0 Å². The van der Waals surface area contributed by atoms with E-state index in [-0.39, 0.29) is 11.9 Å². The van der Waals surface area contributed by atoms with Crippen LogP contribution in [0.2, 0.25) is 0 Å². The van der Waals surface area contributed by atoms with E-state index in [4.69, 9.17) is 5.73 Å². The van der Waals surface area contributed by atoms with Gasteiger partial charge in [0.2, 0.25) is 5.91 Å². The number of carbonyl (C=O) groups excluding carboxylic acids is 1. The average Bonchev–Trinajstić information content (AvgIpc) is 2.34. The fraction of sp³-hybridized carbons (Fsp3) is 0.400. The van der Waals surface area contributed by atoms with Crippen molar-refractivity contribution < 1.29 is 4.79 Å². The molecule has 3 heteroatoms. The van der Waals surface area contributed by atoms with Gasteiger partial charge in [-0.05, 0) is 18.9 Å². The standard InChI is InChI=1S/C15H22N2O/c1-3-10-17(15(18)12-13(2)16)11-9-14-7-5-4-6-8-14/h3-8,13H,1,9-12,16H2,2H3. The molecule has 0 aromatic heterocycles. The molecule has 1 rings (SSSR count). The molecule has 2 N–H and O–H groups in total. The summed E-state index contributed by atoms with van der Waals surface area (Å²) in [5, 5.41) is 0. The summed E-state index contributed by atoms with van der Waals surface area (Å²) in [4.78, 5) is 13.8. The molecule has 0 aliphatic heterocycles. The zero-order valence-corrected chi connectivity index (χ0v) is 11.0. The van der Waals surface area contributed by atoms with E-state index >= 15 is 0 Å². The highest BCUT2D eigenvalue weighted by Gasteiger charge is 2.13. The van der Waals surface area contributed by atoms with Crippen molar-refractivity contribution in [3.05, 3.63) is 48.6 Å². The molecule has 1 aromatic rings. The van der Waals surface area contributed by atoms with Crippen LogP contribution in [0.4, 0.5) is 0 Å². The maximum absolute atomic E-state index is 12.0. The fourth-order valence-corrected chi connectivity index (χ4v) is 1.79. The summed E-state index contributed by atoms with van der Waals surface area (Å²) >= 11 is 0. The second-order valence-electron chi connectivity index (χ2n) is 4.55. The third kappa shape index (κ3) is 5.15. The van der Waals surface area contributed by atoms with E-state index in [0.717, 1.165) is 6.42 Å². The lowest BCUT2D eigenvalue weighted by Gasteiger charge is -2.22. The van der Waals surface area contributed by atoms with E-state index in [0.29, 0.717) is 19.5 Å². The molecule has 1 aromatic carbocycles. The first-order valence-corrected chi connectivity index (χ1v) is 6.31. The first-order chi connectivity index (χ1) is 8.63. The average molecular weight is 246 g/mol. The summed E-state index contributed by atoms with van der Waals surface area (Å²) in [6, 6.07) is 10.1. The van der Waals surface area contributed by atoms with Crippen molar-refractivity contribution in [2.24, 2.45) is 5.73 Å². The van der Waals surface area contributed by atoms with Gasteiger partial charge in [0.15, 0.2) is 0 Å². The molecule has 1 unspecified atom stereocenters. The van der Waals surface area contributed by atoms with Crippen molar-refractivity contribution >= 4 is 5.91 Å². The number of nitrogens with zero attached hydrogens (tertiary/aromatic N) is 1. The maximum atomic E-state index is 12.0. The highest BCUT2D eigenvalue weighted by Crippen LogP contribution is 2.04. The fourth-order valence-electron chi connectivity index (χ4n) is 1.79. The minimum Gasteiger partial charge on any atom is -0.339 e. The summed E-state index contributed by atoms with van der Waals surface area (Å²) in [6.07, 6.45) is 3.01. The van der Waals surface area contributed by atoms with Crippen LogP contribution < -0.4 is 5.73 Å². The topological polar surface area (TPSA) is 46.3 Å². The van der Waals surface area contributed by atoms with Crippen molar-refractivity contribution in [1.82, 2.24) is 4.90 Å². The van der Waals surface area contributed by atoms with E-state index in [1.54, 1.807) is 6.08 Å². The number of benzene rings is 1. The van der Waals surface area contributed by atoms with Crippen LogP contribution in [-0.4, -0.2) is 29.9 Å². The molecule has 1 amide bonds.